The Kier molecular flexibility index (Phi) is 7.31. The molecule has 5 N–H and O–H groups in total. The quantitative estimate of drug-likeness (QED) is 0.244. The van der Waals surface area contributed by atoms with E-state index in [-0.39, 0.29) is 13.0 Å². The maximum absolute atomic E-state index is 12.7. The van der Waals surface area contributed by atoms with Gasteiger partial charge in [0.15, 0.2) is 5.96 Å². The monoisotopic (exact) mass is 413 g/mol. The molecule has 2 amide bonds. The number of hydrogen-bond acceptors (Lipinski definition) is 6. The van der Waals surface area contributed by atoms with Crippen molar-refractivity contribution in [2.45, 2.75) is 58.2 Å². The summed E-state index contributed by atoms with van der Waals surface area (Å²) in [6.07, 6.45) is 1.83. The minimum absolute atomic E-state index is 0.00390. The van der Waals surface area contributed by atoms with E-state index in [1.54, 1.807) is 26.8 Å². The van der Waals surface area contributed by atoms with Gasteiger partial charge in [0.2, 0.25) is 18.0 Å². The number of cyclic esters (lactones) is 1. The van der Waals surface area contributed by atoms with Crippen molar-refractivity contribution in [2.24, 2.45) is 21.5 Å². The lowest BCUT2D eigenvalue weighted by Crippen LogP contribution is -2.51. The molecule has 1 aliphatic heterocycles. The van der Waals surface area contributed by atoms with Gasteiger partial charge in [-0.3, -0.25) is 10.1 Å². The number of nitrogens with one attached hydrogen (secondary N) is 1. The molecule has 0 bridgehead atoms. The Bertz CT molecular complexity index is 785. The van der Waals surface area contributed by atoms with Gasteiger partial charge in [-0.25, -0.2) is 14.6 Å². The molecule has 1 rings (SSSR count). The number of allylic oxidation sites excluding steroid dienone is 1. The average molecular weight is 413 g/mol. The fourth-order valence-electron chi connectivity index (χ4n) is 2.09. The first-order valence-electron chi connectivity index (χ1n) is 10.5. The summed E-state index contributed by atoms with van der Waals surface area (Å²) in [6, 6.07) is 0. The van der Waals surface area contributed by atoms with Crippen molar-refractivity contribution in [3.63, 3.8) is 0 Å². The highest BCUT2D eigenvalue weighted by atomic mass is 16.6. The summed E-state index contributed by atoms with van der Waals surface area (Å²) in [5, 5.41) is 2.26. The molecular formula is C18H30N6O5. The third kappa shape index (κ3) is 9.58. The molecule has 0 aromatic carbocycles. The van der Waals surface area contributed by atoms with E-state index in [0.717, 1.165) is 0 Å². The fraction of sp³-hybridized carbons (Fsp3) is 0.611. The molecule has 0 saturated carbocycles. The number of hydrogen-bond donors (Lipinski definition) is 3. The average Bonchev–Trinajstić information content (AvgIpc) is 2.59. The molecule has 11 heteroatoms. The van der Waals surface area contributed by atoms with Gasteiger partial charge in [0, 0.05) is 17.5 Å². The highest BCUT2D eigenvalue weighted by Gasteiger charge is 2.29. The SMILES string of the molecule is [2H]C([2H])([2H])N1/C(=N\C(=O)OC(C)(C)C)NC(=O)CCC/C=C\CCOC(=O)C1N=C(N)N. The zero-order valence-electron chi connectivity index (χ0n) is 19.8. The smallest absolute Gasteiger partial charge is 0.437 e. The molecule has 29 heavy (non-hydrogen) atoms. The molecule has 1 unspecified atom stereocenters. The lowest BCUT2D eigenvalue weighted by Gasteiger charge is -2.27. The van der Waals surface area contributed by atoms with Crippen LogP contribution >= 0.6 is 0 Å². The van der Waals surface area contributed by atoms with Crippen LogP contribution in [0, 0.1) is 0 Å². The van der Waals surface area contributed by atoms with Crippen molar-refractivity contribution in [3.8, 4) is 0 Å². The van der Waals surface area contributed by atoms with Crippen LogP contribution in [0.15, 0.2) is 22.1 Å². The van der Waals surface area contributed by atoms with Crippen LogP contribution in [-0.4, -0.2) is 60.1 Å². The van der Waals surface area contributed by atoms with Crippen LogP contribution in [-0.2, 0) is 19.1 Å². The molecular weight excluding hydrogens is 380 g/mol. The first-order chi connectivity index (χ1) is 14.7. The van der Waals surface area contributed by atoms with E-state index in [1.807, 2.05) is 6.08 Å². The summed E-state index contributed by atoms with van der Waals surface area (Å²) < 4.78 is 33.9. The molecule has 1 heterocycles. The first-order valence-corrected chi connectivity index (χ1v) is 9.02. The van der Waals surface area contributed by atoms with Crippen molar-refractivity contribution in [1.29, 1.82) is 0 Å². The Morgan fingerprint density at radius 2 is 2.03 bits per heavy atom. The summed E-state index contributed by atoms with van der Waals surface area (Å²) in [5.41, 5.74) is 9.82. The van der Waals surface area contributed by atoms with Gasteiger partial charge in [0.05, 0.1) is 6.61 Å². The predicted octanol–water partition coefficient (Wildman–Crippen LogP) is 0.598. The van der Waals surface area contributed by atoms with Crippen LogP contribution in [0.4, 0.5) is 4.79 Å². The largest absolute Gasteiger partial charge is 0.462 e. The maximum Gasteiger partial charge on any atom is 0.437 e. The standard InChI is InChI=1S/C18H30N6O5/c1-18(2,3)29-17(27)23-16-21-12(25)10-8-6-5-7-9-11-28-14(26)13(24(16)4)22-15(19)20/h5,7,13H,6,8-11H2,1-4H3,(H4,19,20,22)(H,21,23,25,27)/b7-5-/i4D3. The highest BCUT2D eigenvalue weighted by Crippen LogP contribution is 2.10. The number of nitrogens with zero attached hydrogens (tertiary/aromatic N) is 3. The second-order valence-corrected chi connectivity index (χ2v) is 7.08. The molecule has 0 spiro atoms. The number of likely N-dealkylation sites (N-methyl/N-ethyl adjacent to an activating group) is 1. The second kappa shape index (κ2) is 11.0. The molecule has 0 aliphatic carbocycles. The summed E-state index contributed by atoms with van der Waals surface area (Å²) in [6.45, 7) is 1.54. The number of aliphatic imine (C=N–C) groups is 2. The minimum Gasteiger partial charge on any atom is -0.462 e. The van der Waals surface area contributed by atoms with E-state index < -0.39 is 48.6 Å². The van der Waals surface area contributed by atoms with Gasteiger partial charge in [-0.2, -0.15) is 0 Å². The van der Waals surface area contributed by atoms with Crippen molar-refractivity contribution in [1.82, 2.24) is 10.2 Å². The lowest BCUT2D eigenvalue weighted by molar-refractivity contribution is -0.148. The van der Waals surface area contributed by atoms with Crippen LogP contribution in [0.25, 0.3) is 0 Å². The molecule has 0 radical (unpaired) electrons. The van der Waals surface area contributed by atoms with E-state index in [0.29, 0.717) is 24.2 Å². The Hall–Kier alpha value is -3.11. The Morgan fingerprint density at radius 1 is 1.34 bits per heavy atom. The summed E-state index contributed by atoms with van der Waals surface area (Å²) in [5.74, 6) is -3.15. The van der Waals surface area contributed by atoms with Crippen LogP contribution in [0.2, 0.25) is 0 Å². The fourth-order valence-corrected chi connectivity index (χ4v) is 2.09. The van der Waals surface area contributed by atoms with E-state index in [4.69, 9.17) is 25.1 Å². The van der Waals surface area contributed by atoms with Gasteiger partial charge in [-0.05, 0) is 40.0 Å². The predicted molar refractivity (Wildman–Crippen MR) is 108 cm³/mol. The van der Waals surface area contributed by atoms with Gasteiger partial charge in [-0.15, -0.1) is 4.99 Å². The third-order valence-electron chi connectivity index (χ3n) is 3.27. The number of amides is 2. The number of guanidine groups is 2. The maximum atomic E-state index is 12.7. The molecule has 0 saturated heterocycles. The summed E-state index contributed by atoms with van der Waals surface area (Å²) >= 11 is 0. The topological polar surface area (TPSA) is 162 Å². The summed E-state index contributed by atoms with van der Waals surface area (Å²) in [4.78, 5) is 45.0. The van der Waals surface area contributed by atoms with Crippen molar-refractivity contribution in [3.05, 3.63) is 12.2 Å². The molecule has 162 valence electrons. The van der Waals surface area contributed by atoms with E-state index >= 15 is 0 Å². The number of nitrogens with two attached hydrogens (primary N) is 2. The molecule has 0 aromatic heterocycles. The highest BCUT2D eigenvalue weighted by molar-refractivity contribution is 6.02. The normalized spacial score (nSPS) is 24.1. The van der Waals surface area contributed by atoms with Gasteiger partial charge in [0.1, 0.15) is 5.60 Å². The Balaban J connectivity index is 3.58. The van der Waals surface area contributed by atoms with E-state index in [9.17, 15) is 14.4 Å². The van der Waals surface area contributed by atoms with Crippen LogP contribution in [0.3, 0.4) is 0 Å². The zero-order valence-corrected chi connectivity index (χ0v) is 16.8. The number of esters is 1. The second-order valence-electron chi connectivity index (χ2n) is 7.08. The Labute approximate surface area is 174 Å². The van der Waals surface area contributed by atoms with Crippen LogP contribution in [0.5, 0.6) is 0 Å². The molecule has 1 aliphatic rings. The first kappa shape index (κ1) is 19.2. The van der Waals surface area contributed by atoms with Gasteiger partial charge >= 0.3 is 12.1 Å². The van der Waals surface area contributed by atoms with Crippen molar-refractivity contribution < 1.29 is 28.0 Å². The zero-order chi connectivity index (χ0) is 24.5. The minimum atomic E-state index is -3.12. The van der Waals surface area contributed by atoms with Crippen LogP contribution in [0.1, 0.15) is 50.6 Å². The number of rotatable bonds is 1. The van der Waals surface area contributed by atoms with Gasteiger partial charge < -0.3 is 25.8 Å². The molecule has 0 fully saturated rings. The third-order valence-corrected chi connectivity index (χ3v) is 3.27. The van der Waals surface area contributed by atoms with Gasteiger partial charge in [0.25, 0.3) is 0 Å². The molecule has 1 atom stereocenters. The van der Waals surface area contributed by atoms with Crippen molar-refractivity contribution >= 4 is 29.9 Å². The summed E-state index contributed by atoms with van der Waals surface area (Å²) in [7, 11) is 0. The number of carbonyl (C=O) groups excluding carboxylic acids is 3. The van der Waals surface area contributed by atoms with Crippen LogP contribution < -0.4 is 16.8 Å². The number of ether oxygens (including phenoxy) is 2. The number of carbonyl (C=O) groups is 3. The van der Waals surface area contributed by atoms with E-state index in [2.05, 4.69) is 15.3 Å². The Morgan fingerprint density at radius 3 is 2.66 bits per heavy atom. The van der Waals surface area contributed by atoms with E-state index in [1.165, 1.54) is 0 Å². The van der Waals surface area contributed by atoms with Gasteiger partial charge in [-0.1, -0.05) is 12.2 Å². The van der Waals surface area contributed by atoms with Crippen molar-refractivity contribution in [2.75, 3.05) is 13.6 Å². The lowest BCUT2D eigenvalue weighted by atomic mass is 10.2. The molecule has 0 aromatic rings. The molecule has 11 nitrogen and oxygen atoms in total.